The van der Waals surface area contributed by atoms with Crippen LogP contribution in [0.4, 0.5) is 5.82 Å². The van der Waals surface area contributed by atoms with Crippen LogP contribution in [0.3, 0.4) is 0 Å². The summed E-state index contributed by atoms with van der Waals surface area (Å²) in [5.74, 6) is 1.19. The average Bonchev–Trinajstić information content (AvgIpc) is 3.26. The average molecular weight is 330 g/mol. The molecule has 4 rings (SSSR count). The van der Waals surface area contributed by atoms with E-state index in [9.17, 15) is 5.26 Å². The Labute approximate surface area is 144 Å². The van der Waals surface area contributed by atoms with E-state index in [4.69, 9.17) is 10.00 Å². The van der Waals surface area contributed by atoms with E-state index in [1.807, 2.05) is 30.5 Å². The van der Waals surface area contributed by atoms with Gasteiger partial charge in [0.15, 0.2) is 11.5 Å². The van der Waals surface area contributed by atoms with Crippen LogP contribution in [0.5, 0.6) is 5.88 Å². The molecule has 0 spiro atoms. The number of rotatable bonds is 3. The van der Waals surface area contributed by atoms with E-state index in [1.54, 1.807) is 16.5 Å². The van der Waals surface area contributed by atoms with Crippen LogP contribution >= 0.6 is 0 Å². The highest BCUT2D eigenvalue weighted by Gasteiger charge is 2.28. The van der Waals surface area contributed by atoms with Gasteiger partial charge in [-0.2, -0.15) is 10.5 Å². The normalized spacial score (nSPS) is 16.6. The second-order valence-corrected chi connectivity index (χ2v) is 5.80. The van der Waals surface area contributed by atoms with E-state index < -0.39 is 0 Å². The zero-order chi connectivity index (χ0) is 17.2. The Morgan fingerprint density at radius 1 is 1.16 bits per heavy atom. The van der Waals surface area contributed by atoms with Gasteiger partial charge in [0.1, 0.15) is 23.9 Å². The summed E-state index contributed by atoms with van der Waals surface area (Å²) in [7, 11) is 0. The van der Waals surface area contributed by atoms with Crippen molar-refractivity contribution in [2.45, 2.75) is 12.5 Å². The smallest absolute Gasteiger partial charge is 0.213 e. The van der Waals surface area contributed by atoms with E-state index >= 15 is 0 Å². The molecule has 25 heavy (non-hydrogen) atoms. The molecule has 122 valence electrons. The topological polar surface area (TPSA) is 90.2 Å². The number of nitrogens with zero attached hydrogens (tertiary/aromatic N) is 6. The molecule has 1 aliphatic rings. The summed E-state index contributed by atoms with van der Waals surface area (Å²) in [6, 6.07) is 13.3. The molecule has 4 heterocycles. The van der Waals surface area contributed by atoms with E-state index in [1.165, 1.54) is 6.20 Å². The number of ether oxygens (including phenoxy) is 1. The van der Waals surface area contributed by atoms with Crippen molar-refractivity contribution in [3.8, 4) is 18.0 Å². The number of pyridine rings is 2. The number of aromatic nitrogens is 3. The van der Waals surface area contributed by atoms with Crippen molar-refractivity contribution in [1.29, 1.82) is 10.5 Å². The number of hydrogen-bond acceptors (Lipinski definition) is 6. The first-order valence-corrected chi connectivity index (χ1v) is 7.93. The molecule has 1 unspecified atom stereocenters. The SMILES string of the molecule is N#Cc1ccc(OC2CCN(c3nc4ccccn4c3C#N)C2)nc1. The van der Waals surface area contributed by atoms with Gasteiger partial charge in [-0.15, -0.1) is 0 Å². The van der Waals surface area contributed by atoms with Gasteiger partial charge in [0.25, 0.3) is 0 Å². The third-order valence-corrected chi connectivity index (χ3v) is 4.21. The molecular formula is C18H14N6O. The summed E-state index contributed by atoms with van der Waals surface area (Å²) in [6.07, 6.45) is 4.13. The minimum Gasteiger partial charge on any atom is -0.472 e. The number of fused-ring (bicyclic) bond motifs is 1. The minimum atomic E-state index is -0.0307. The molecule has 7 nitrogen and oxygen atoms in total. The van der Waals surface area contributed by atoms with Crippen molar-refractivity contribution >= 4 is 11.5 Å². The summed E-state index contributed by atoms with van der Waals surface area (Å²) in [5, 5.41) is 18.3. The van der Waals surface area contributed by atoms with Crippen molar-refractivity contribution in [3.63, 3.8) is 0 Å². The second-order valence-electron chi connectivity index (χ2n) is 5.80. The largest absolute Gasteiger partial charge is 0.472 e. The summed E-state index contributed by atoms with van der Waals surface area (Å²) in [5.41, 5.74) is 1.80. The fourth-order valence-electron chi connectivity index (χ4n) is 3.01. The molecule has 0 amide bonds. The maximum Gasteiger partial charge on any atom is 0.213 e. The quantitative estimate of drug-likeness (QED) is 0.731. The van der Waals surface area contributed by atoms with Crippen LogP contribution in [0.1, 0.15) is 17.7 Å². The standard InChI is InChI=1S/C18H14N6O/c19-9-13-4-5-17(21-11-13)25-14-6-8-23(12-14)18-15(10-20)24-7-2-1-3-16(24)22-18/h1-5,7,11,14H,6,8,12H2. The molecular weight excluding hydrogens is 316 g/mol. The van der Waals surface area contributed by atoms with Crippen LogP contribution in [0.2, 0.25) is 0 Å². The Hall–Kier alpha value is -3.58. The van der Waals surface area contributed by atoms with Gasteiger partial charge in [-0.1, -0.05) is 6.07 Å². The van der Waals surface area contributed by atoms with Crippen LogP contribution < -0.4 is 9.64 Å². The maximum atomic E-state index is 9.51. The van der Waals surface area contributed by atoms with Gasteiger partial charge >= 0.3 is 0 Å². The molecule has 0 radical (unpaired) electrons. The lowest BCUT2D eigenvalue weighted by Gasteiger charge is -2.16. The Morgan fingerprint density at radius 2 is 2.08 bits per heavy atom. The van der Waals surface area contributed by atoms with Crippen molar-refractivity contribution in [2.24, 2.45) is 0 Å². The van der Waals surface area contributed by atoms with Crippen LogP contribution in [0, 0.1) is 22.7 Å². The van der Waals surface area contributed by atoms with Gasteiger partial charge in [-0.3, -0.25) is 4.40 Å². The number of nitriles is 2. The predicted octanol–water partition coefficient (Wildman–Crippen LogP) is 2.13. The zero-order valence-corrected chi connectivity index (χ0v) is 13.3. The molecule has 0 saturated carbocycles. The molecule has 1 atom stereocenters. The highest BCUT2D eigenvalue weighted by atomic mass is 16.5. The Morgan fingerprint density at radius 3 is 2.84 bits per heavy atom. The van der Waals surface area contributed by atoms with Gasteiger partial charge < -0.3 is 9.64 Å². The summed E-state index contributed by atoms with van der Waals surface area (Å²) >= 11 is 0. The number of imidazole rings is 1. The lowest BCUT2D eigenvalue weighted by atomic mass is 10.3. The van der Waals surface area contributed by atoms with Gasteiger partial charge in [-0.25, -0.2) is 9.97 Å². The van der Waals surface area contributed by atoms with E-state index in [2.05, 4.69) is 20.9 Å². The number of hydrogen-bond donors (Lipinski definition) is 0. The Balaban J connectivity index is 1.52. The molecule has 1 fully saturated rings. The van der Waals surface area contributed by atoms with E-state index in [0.717, 1.165) is 18.6 Å². The Bertz CT molecular complexity index is 995. The lowest BCUT2D eigenvalue weighted by molar-refractivity contribution is 0.216. The van der Waals surface area contributed by atoms with Crippen LogP contribution in [-0.2, 0) is 0 Å². The maximum absolute atomic E-state index is 9.51. The van der Waals surface area contributed by atoms with E-state index in [-0.39, 0.29) is 6.10 Å². The second kappa shape index (κ2) is 6.14. The number of anilines is 1. The summed E-state index contributed by atoms with van der Waals surface area (Å²) in [4.78, 5) is 10.8. The molecule has 1 saturated heterocycles. The first kappa shape index (κ1) is 15.0. The van der Waals surface area contributed by atoms with Crippen molar-refractivity contribution < 1.29 is 4.74 Å². The minimum absolute atomic E-state index is 0.0307. The van der Waals surface area contributed by atoms with Gasteiger partial charge in [0.2, 0.25) is 5.88 Å². The lowest BCUT2D eigenvalue weighted by Crippen LogP contribution is -2.25. The fraction of sp³-hybridized carbons (Fsp3) is 0.222. The fourth-order valence-corrected chi connectivity index (χ4v) is 3.01. The van der Waals surface area contributed by atoms with Crippen LogP contribution in [0.15, 0.2) is 42.7 Å². The van der Waals surface area contributed by atoms with Crippen molar-refractivity contribution in [2.75, 3.05) is 18.0 Å². The van der Waals surface area contributed by atoms with E-state index in [0.29, 0.717) is 29.5 Å². The Kier molecular flexibility index (Phi) is 3.68. The van der Waals surface area contributed by atoms with Crippen molar-refractivity contribution in [1.82, 2.24) is 14.4 Å². The van der Waals surface area contributed by atoms with Crippen LogP contribution in [0.25, 0.3) is 5.65 Å². The van der Waals surface area contributed by atoms with Crippen molar-refractivity contribution in [3.05, 3.63) is 54.0 Å². The third-order valence-electron chi connectivity index (χ3n) is 4.21. The van der Waals surface area contributed by atoms with Crippen LogP contribution in [-0.4, -0.2) is 33.6 Å². The molecule has 7 heteroatoms. The monoisotopic (exact) mass is 330 g/mol. The highest BCUT2D eigenvalue weighted by Crippen LogP contribution is 2.26. The predicted molar refractivity (Wildman–Crippen MR) is 90.1 cm³/mol. The first-order valence-electron chi connectivity index (χ1n) is 7.93. The molecule has 0 N–H and O–H groups in total. The van der Waals surface area contributed by atoms with Gasteiger partial charge in [0.05, 0.1) is 12.1 Å². The summed E-state index contributed by atoms with van der Waals surface area (Å²) < 4.78 is 7.69. The molecule has 3 aromatic rings. The zero-order valence-electron chi connectivity index (χ0n) is 13.3. The molecule has 0 bridgehead atoms. The molecule has 0 aliphatic carbocycles. The van der Waals surface area contributed by atoms with Gasteiger partial charge in [-0.05, 0) is 18.2 Å². The molecule has 1 aliphatic heterocycles. The molecule has 0 aromatic carbocycles. The van der Waals surface area contributed by atoms with Gasteiger partial charge in [0, 0.05) is 31.4 Å². The third kappa shape index (κ3) is 2.73. The summed E-state index contributed by atoms with van der Waals surface area (Å²) in [6.45, 7) is 1.40. The molecule has 3 aromatic heterocycles. The highest BCUT2D eigenvalue weighted by molar-refractivity contribution is 5.60. The first-order chi connectivity index (χ1) is 12.3.